The van der Waals surface area contributed by atoms with Crippen LogP contribution in [0.3, 0.4) is 0 Å². The molecule has 2 heterocycles. The maximum Gasteiger partial charge on any atom is 0.242 e. The number of nitrogens with one attached hydrogen (secondary N) is 1. The van der Waals surface area contributed by atoms with Crippen LogP contribution >= 0.6 is 0 Å². The monoisotopic (exact) mass is 329 g/mol. The van der Waals surface area contributed by atoms with Crippen molar-refractivity contribution in [3.63, 3.8) is 0 Å². The van der Waals surface area contributed by atoms with E-state index in [-0.39, 0.29) is 5.91 Å². The summed E-state index contributed by atoms with van der Waals surface area (Å²) in [5, 5.41) is 11.7. The molecule has 1 amide bonds. The normalized spacial score (nSPS) is 21.1. The van der Waals surface area contributed by atoms with Crippen LogP contribution in [0.15, 0.2) is 36.5 Å². The molecule has 128 valence electrons. The van der Waals surface area contributed by atoms with Gasteiger partial charge < -0.3 is 10.1 Å². The Kier molecular flexibility index (Phi) is 4.92. The first-order valence-electron chi connectivity index (χ1n) is 8.12. The van der Waals surface area contributed by atoms with Gasteiger partial charge in [0.15, 0.2) is 0 Å². The Balaban J connectivity index is 1.80. The van der Waals surface area contributed by atoms with Gasteiger partial charge >= 0.3 is 0 Å². The Morgan fingerprint density at radius 1 is 1.38 bits per heavy atom. The zero-order valence-corrected chi connectivity index (χ0v) is 14.1. The van der Waals surface area contributed by atoms with Gasteiger partial charge in [0.2, 0.25) is 5.91 Å². The molecule has 3 rings (SSSR count). The molecule has 0 bridgehead atoms. The van der Waals surface area contributed by atoms with Gasteiger partial charge in [-0.1, -0.05) is 18.2 Å². The number of hydrogen-bond donors (Lipinski definition) is 1. The molecule has 0 saturated carbocycles. The van der Waals surface area contributed by atoms with Crippen LogP contribution in [0.5, 0.6) is 0 Å². The van der Waals surface area contributed by atoms with Crippen molar-refractivity contribution >= 4 is 5.91 Å². The van der Waals surface area contributed by atoms with E-state index in [1.807, 2.05) is 30.3 Å². The molecule has 0 spiro atoms. The Bertz CT molecular complexity index is 687. The zero-order chi connectivity index (χ0) is 17.0. The first kappa shape index (κ1) is 16.6. The van der Waals surface area contributed by atoms with Crippen LogP contribution in [0.1, 0.15) is 18.5 Å². The summed E-state index contributed by atoms with van der Waals surface area (Å²) in [6, 6.07) is 9.78. The molecule has 0 aliphatic carbocycles. The molecular weight excluding hydrogens is 306 g/mol. The molecule has 1 saturated heterocycles. The van der Waals surface area contributed by atoms with Crippen molar-refractivity contribution in [2.45, 2.75) is 24.9 Å². The van der Waals surface area contributed by atoms with Gasteiger partial charge in [0.1, 0.15) is 5.54 Å². The van der Waals surface area contributed by atoms with Gasteiger partial charge in [-0.3, -0.25) is 9.69 Å². The van der Waals surface area contributed by atoms with Crippen LogP contribution in [0, 0.1) is 0 Å². The van der Waals surface area contributed by atoms with E-state index in [1.165, 1.54) is 0 Å². The summed E-state index contributed by atoms with van der Waals surface area (Å²) in [7, 11) is 3.30. The largest absolute Gasteiger partial charge is 0.382 e. The highest BCUT2D eigenvalue weighted by Gasteiger charge is 2.47. The average molecular weight is 329 g/mol. The van der Waals surface area contributed by atoms with Crippen LogP contribution in [0.2, 0.25) is 0 Å². The van der Waals surface area contributed by atoms with Gasteiger partial charge in [-0.05, 0) is 31.5 Å². The predicted molar refractivity (Wildman–Crippen MR) is 89.7 cm³/mol. The van der Waals surface area contributed by atoms with Crippen molar-refractivity contribution in [1.29, 1.82) is 0 Å². The van der Waals surface area contributed by atoms with Crippen molar-refractivity contribution in [2.75, 3.05) is 27.3 Å². The molecule has 1 atom stereocenters. The van der Waals surface area contributed by atoms with Gasteiger partial charge in [-0.2, -0.15) is 15.0 Å². The maximum absolute atomic E-state index is 12.5. The van der Waals surface area contributed by atoms with Crippen molar-refractivity contribution < 1.29 is 9.53 Å². The SMILES string of the molecule is CNC(=O)C1(COC)CCCN1Cc1cnn(-c2ccccc2)n1. The first-order valence-corrected chi connectivity index (χ1v) is 8.12. The smallest absolute Gasteiger partial charge is 0.242 e. The van der Waals surface area contributed by atoms with Crippen LogP contribution < -0.4 is 5.32 Å². The van der Waals surface area contributed by atoms with Gasteiger partial charge in [0.05, 0.1) is 24.2 Å². The number of para-hydroxylation sites is 1. The molecule has 1 aliphatic heterocycles. The third-order valence-electron chi connectivity index (χ3n) is 4.54. The Hall–Kier alpha value is -2.25. The maximum atomic E-state index is 12.5. The summed E-state index contributed by atoms with van der Waals surface area (Å²) >= 11 is 0. The second-order valence-corrected chi connectivity index (χ2v) is 6.03. The van der Waals surface area contributed by atoms with E-state index in [4.69, 9.17) is 4.74 Å². The van der Waals surface area contributed by atoms with Crippen LogP contribution in [-0.4, -0.2) is 58.6 Å². The highest BCUT2D eigenvalue weighted by molar-refractivity contribution is 5.86. The number of carbonyl (C=O) groups excluding carboxylic acids is 1. The number of hydrogen-bond acceptors (Lipinski definition) is 5. The Morgan fingerprint density at radius 2 is 2.17 bits per heavy atom. The lowest BCUT2D eigenvalue weighted by Crippen LogP contribution is -2.57. The van der Waals surface area contributed by atoms with Crippen molar-refractivity contribution in [3.8, 4) is 5.69 Å². The minimum Gasteiger partial charge on any atom is -0.382 e. The number of ether oxygens (including phenoxy) is 1. The fourth-order valence-corrected chi connectivity index (χ4v) is 3.37. The predicted octanol–water partition coefficient (Wildman–Crippen LogP) is 0.994. The van der Waals surface area contributed by atoms with E-state index in [1.54, 1.807) is 25.2 Å². The Morgan fingerprint density at radius 3 is 2.88 bits per heavy atom. The molecule has 1 aromatic heterocycles. The number of benzene rings is 1. The third-order valence-corrected chi connectivity index (χ3v) is 4.54. The summed E-state index contributed by atoms with van der Waals surface area (Å²) in [6.07, 6.45) is 3.50. The molecule has 1 fully saturated rings. The molecule has 24 heavy (non-hydrogen) atoms. The lowest BCUT2D eigenvalue weighted by molar-refractivity contribution is -0.135. The van der Waals surface area contributed by atoms with Gasteiger partial charge in [0.25, 0.3) is 0 Å². The lowest BCUT2D eigenvalue weighted by atomic mass is 9.95. The van der Waals surface area contributed by atoms with Crippen molar-refractivity contribution in [1.82, 2.24) is 25.2 Å². The highest BCUT2D eigenvalue weighted by atomic mass is 16.5. The Labute approximate surface area is 141 Å². The molecule has 7 nitrogen and oxygen atoms in total. The van der Waals surface area contributed by atoms with E-state index < -0.39 is 5.54 Å². The fraction of sp³-hybridized carbons (Fsp3) is 0.471. The number of aromatic nitrogens is 3. The molecule has 7 heteroatoms. The lowest BCUT2D eigenvalue weighted by Gasteiger charge is -2.35. The number of methoxy groups -OCH3 is 1. The van der Waals surface area contributed by atoms with E-state index in [0.29, 0.717) is 13.2 Å². The summed E-state index contributed by atoms with van der Waals surface area (Å²) in [5.74, 6) is -0.00250. The second-order valence-electron chi connectivity index (χ2n) is 6.03. The van der Waals surface area contributed by atoms with Crippen LogP contribution in [0.4, 0.5) is 0 Å². The van der Waals surface area contributed by atoms with E-state index in [2.05, 4.69) is 20.4 Å². The number of amides is 1. The number of likely N-dealkylation sites (N-methyl/N-ethyl adjacent to an activating group) is 1. The average Bonchev–Trinajstić information content (AvgIpc) is 3.24. The molecule has 2 aromatic rings. The zero-order valence-electron chi connectivity index (χ0n) is 14.1. The van der Waals surface area contributed by atoms with Crippen molar-refractivity contribution in [3.05, 3.63) is 42.2 Å². The number of rotatable bonds is 6. The molecule has 1 aliphatic rings. The van der Waals surface area contributed by atoms with E-state index >= 15 is 0 Å². The summed E-state index contributed by atoms with van der Waals surface area (Å²) in [5.41, 5.74) is 1.13. The van der Waals surface area contributed by atoms with Crippen LogP contribution in [-0.2, 0) is 16.1 Å². The number of likely N-dealkylation sites (tertiary alicyclic amines) is 1. The fourth-order valence-electron chi connectivity index (χ4n) is 3.37. The molecule has 1 unspecified atom stereocenters. The van der Waals surface area contributed by atoms with Gasteiger partial charge in [-0.25, -0.2) is 0 Å². The van der Waals surface area contributed by atoms with E-state index in [9.17, 15) is 4.79 Å². The highest BCUT2D eigenvalue weighted by Crippen LogP contribution is 2.31. The molecular formula is C17H23N5O2. The molecule has 1 aromatic carbocycles. The van der Waals surface area contributed by atoms with Crippen LogP contribution in [0.25, 0.3) is 5.69 Å². The summed E-state index contributed by atoms with van der Waals surface area (Å²) in [4.78, 5) is 16.2. The standard InChI is InChI=1S/C17H23N5O2/c1-18-16(23)17(13-24-2)9-6-10-21(17)12-14-11-19-22(20-14)15-7-4-3-5-8-15/h3-5,7-8,11H,6,9-10,12-13H2,1-2H3,(H,18,23). The number of nitrogens with zero attached hydrogens (tertiary/aromatic N) is 4. The molecule has 1 N–H and O–H groups in total. The summed E-state index contributed by atoms with van der Waals surface area (Å²) < 4.78 is 5.35. The first-order chi connectivity index (χ1) is 11.7. The van der Waals surface area contributed by atoms with Gasteiger partial charge in [0, 0.05) is 20.7 Å². The van der Waals surface area contributed by atoms with Crippen molar-refractivity contribution in [2.24, 2.45) is 0 Å². The third kappa shape index (κ3) is 3.05. The topological polar surface area (TPSA) is 72.3 Å². The second kappa shape index (κ2) is 7.11. The quantitative estimate of drug-likeness (QED) is 0.856. The minimum atomic E-state index is -0.625. The van der Waals surface area contributed by atoms with Gasteiger partial charge in [-0.15, -0.1) is 0 Å². The van der Waals surface area contributed by atoms with E-state index in [0.717, 1.165) is 30.8 Å². The summed E-state index contributed by atoms with van der Waals surface area (Å²) in [6.45, 7) is 1.79. The number of carbonyl (C=O) groups is 1. The minimum absolute atomic E-state index is 0.00250. The molecule has 0 radical (unpaired) electrons.